The number of methoxy groups -OCH3 is 1. The lowest BCUT2D eigenvalue weighted by atomic mass is 10.1. The Labute approximate surface area is 176 Å². The molecular formula is C23H25NO5S. The van der Waals surface area contributed by atoms with Gasteiger partial charge in [-0.05, 0) is 50.1 Å². The number of fused-ring (bicyclic) bond motifs is 1. The number of amides is 1. The molecule has 4 rings (SSSR count). The highest BCUT2D eigenvalue weighted by Gasteiger charge is 2.36. The first-order valence-corrected chi connectivity index (χ1v) is 11.7. The smallest absolute Gasteiger partial charge is 0.290 e. The van der Waals surface area contributed by atoms with Crippen molar-refractivity contribution in [3.8, 4) is 5.75 Å². The summed E-state index contributed by atoms with van der Waals surface area (Å²) in [5.74, 6) is 0.798. The summed E-state index contributed by atoms with van der Waals surface area (Å²) in [6.07, 6.45) is 0.433. The van der Waals surface area contributed by atoms with Crippen LogP contribution in [0.2, 0.25) is 0 Å². The second-order valence-electron chi connectivity index (χ2n) is 7.89. The summed E-state index contributed by atoms with van der Waals surface area (Å²) in [6, 6.07) is 12.9. The van der Waals surface area contributed by atoms with Crippen LogP contribution >= 0.6 is 0 Å². The van der Waals surface area contributed by atoms with Crippen molar-refractivity contribution in [3.63, 3.8) is 0 Å². The fraction of sp³-hybridized carbons (Fsp3) is 0.348. The van der Waals surface area contributed by atoms with E-state index in [4.69, 9.17) is 9.15 Å². The van der Waals surface area contributed by atoms with Crippen molar-refractivity contribution in [2.45, 2.75) is 32.9 Å². The molecule has 1 atom stereocenters. The van der Waals surface area contributed by atoms with Crippen LogP contribution in [0.25, 0.3) is 11.0 Å². The Morgan fingerprint density at radius 3 is 2.53 bits per heavy atom. The molecule has 2 heterocycles. The summed E-state index contributed by atoms with van der Waals surface area (Å²) in [6.45, 7) is 4.17. The Balaban J connectivity index is 1.71. The molecule has 0 aliphatic carbocycles. The monoisotopic (exact) mass is 427 g/mol. The van der Waals surface area contributed by atoms with Crippen LogP contribution in [0.15, 0.2) is 46.9 Å². The molecule has 1 aliphatic rings. The molecule has 1 amide bonds. The number of sulfone groups is 1. The van der Waals surface area contributed by atoms with E-state index in [0.29, 0.717) is 18.5 Å². The van der Waals surface area contributed by atoms with Crippen LogP contribution < -0.4 is 4.74 Å². The number of hydrogen-bond donors (Lipinski definition) is 0. The van der Waals surface area contributed by atoms with Crippen molar-refractivity contribution in [2.24, 2.45) is 0 Å². The van der Waals surface area contributed by atoms with Crippen molar-refractivity contribution in [1.82, 2.24) is 4.90 Å². The van der Waals surface area contributed by atoms with Crippen molar-refractivity contribution >= 4 is 26.7 Å². The molecule has 2 aromatic carbocycles. The lowest BCUT2D eigenvalue weighted by Crippen LogP contribution is -2.40. The van der Waals surface area contributed by atoms with Gasteiger partial charge in [-0.1, -0.05) is 23.8 Å². The van der Waals surface area contributed by atoms with Gasteiger partial charge in [0.2, 0.25) is 0 Å². The molecule has 0 N–H and O–H groups in total. The van der Waals surface area contributed by atoms with E-state index in [1.54, 1.807) is 12.0 Å². The average molecular weight is 428 g/mol. The van der Waals surface area contributed by atoms with Crippen LogP contribution in [0, 0.1) is 13.8 Å². The number of nitrogens with zero attached hydrogens (tertiary/aromatic N) is 1. The Kier molecular flexibility index (Phi) is 5.32. The summed E-state index contributed by atoms with van der Waals surface area (Å²) < 4.78 is 35.3. The van der Waals surface area contributed by atoms with E-state index in [-0.39, 0.29) is 29.2 Å². The van der Waals surface area contributed by atoms with Gasteiger partial charge in [-0.25, -0.2) is 8.42 Å². The Bertz CT molecular complexity index is 1190. The molecule has 1 saturated heterocycles. The zero-order valence-electron chi connectivity index (χ0n) is 17.3. The molecule has 0 unspecified atom stereocenters. The number of carbonyl (C=O) groups is 1. The second kappa shape index (κ2) is 7.80. The Morgan fingerprint density at radius 2 is 1.90 bits per heavy atom. The quantitative estimate of drug-likeness (QED) is 0.617. The molecule has 1 fully saturated rings. The van der Waals surface area contributed by atoms with Crippen LogP contribution in [0.1, 0.15) is 33.7 Å². The number of ether oxygens (including phenoxy) is 1. The number of rotatable bonds is 5. The number of hydrogen-bond acceptors (Lipinski definition) is 5. The predicted octanol–water partition coefficient (Wildman–Crippen LogP) is 3.89. The van der Waals surface area contributed by atoms with Gasteiger partial charge >= 0.3 is 0 Å². The zero-order valence-corrected chi connectivity index (χ0v) is 18.2. The zero-order chi connectivity index (χ0) is 21.5. The molecule has 158 valence electrons. The molecule has 30 heavy (non-hydrogen) atoms. The number of aryl methyl sites for hydroxylation is 2. The minimum Gasteiger partial charge on any atom is -0.497 e. The maximum absolute atomic E-state index is 13.6. The average Bonchev–Trinajstić information content (AvgIpc) is 3.25. The maximum atomic E-state index is 13.6. The standard InChI is InChI=1S/C23H25NO5S/c1-15-4-9-21-20(12-15)16(2)22(29-21)23(25)24(18-10-11-30(26,27)14-18)13-17-5-7-19(28-3)8-6-17/h4-9,12,18H,10-11,13-14H2,1-3H3/t18-/m0/s1. The van der Waals surface area contributed by atoms with E-state index in [1.807, 2.05) is 56.3 Å². The first kappa shape index (κ1) is 20.5. The summed E-state index contributed by atoms with van der Waals surface area (Å²) >= 11 is 0. The van der Waals surface area contributed by atoms with Gasteiger partial charge in [0.25, 0.3) is 5.91 Å². The van der Waals surface area contributed by atoms with Crippen molar-refractivity contribution in [1.29, 1.82) is 0 Å². The fourth-order valence-electron chi connectivity index (χ4n) is 3.98. The Morgan fingerprint density at radius 1 is 1.17 bits per heavy atom. The first-order chi connectivity index (χ1) is 14.3. The van der Waals surface area contributed by atoms with Gasteiger partial charge in [0.1, 0.15) is 11.3 Å². The molecular weight excluding hydrogens is 402 g/mol. The number of benzene rings is 2. The summed E-state index contributed by atoms with van der Waals surface area (Å²) in [7, 11) is -1.55. The molecule has 1 aliphatic heterocycles. The first-order valence-electron chi connectivity index (χ1n) is 9.91. The SMILES string of the molecule is COc1ccc(CN(C(=O)c2oc3ccc(C)cc3c2C)[C@H]2CCS(=O)(=O)C2)cc1. The van der Waals surface area contributed by atoms with Crippen LogP contribution in [-0.2, 0) is 16.4 Å². The van der Waals surface area contributed by atoms with Crippen LogP contribution in [-0.4, -0.2) is 43.9 Å². The van der Waals surface area contributed by atoms with Crippen LogP contribution in [0.4, 0.5) is 0 Å². The van der Waals surface area contributed by atoms with Gasteiger partial charge in [-0.3, -0.25) is 4.79 Å². The summed E-state index contributed by atoms with van der Waals surface area (Å²) in [5.41, 5.74) is 3.42. The molecule has 3 aromatic rings. The number of furan rings is 1. The Hall–Kier alpha value is -2.80. The van der Waals surface area contributed by atoms with Crippen molar-refractivity contribution in [2.75, 3.05) is 18.6 Å². The molecule has 0 spiro atoms. The van der Waals surface area contributed by atoms with Gasteiger partial charge in [0.15, 0.2) is 15.6 Å². The van der Waals surface area contributed by atoms with Gasteiger partial charge in [-0.2, -0.15) is 0 Å². The summed E-state index contributed by atoms with van der Waals surface area (Å²) in [4.78, 5) is 15.2. The van der Waals surface area contributed by atoms with Gasteiger partial charge < -0.3 is 14.1 Å². The van der Waals surface area contributed by atoms with E-state index < -0.39 is 9.84 Å². The lowest BCUT2D eigenvalue weighted by Gasteiger charge is -2.28. The summed E-state index contributed by atoms with van der Waals surface area (Å²) in [5, 5.41) is 0.904. The van der Waals surface area contributed by atoms with Crippen molar-refractivity contribution < 1.29 is 22.4 Å². The third-order valence-corrected chi connectivity index (χ3v) is 7.46. The van der Waals surface area contributed by atoms with Crippen LogP contribution in [0.5, 0.6) is 5.75 Å². The lowest BCUT2D eigenvalue weighted by molar-refractivity contribution is 0.0649. The van der Waals surface area contributed by atoms with Gasteiger partial charge in [0, 0.05) is 23.5 Å². The molecule has 0 radical (unpaired) electrons. The molecule has 6 nitrogen and oxygen atoms in total. The molecule has 0 bridgehead atoms. The van der Waals surface area contributed by atoms with Crippen LogP contribution in [0.3, 0.4) is 0 Å². The predicted molar refractivity (Wildman–Crippen MR) is 116 cm³/mol. The van der Waals surface area contributed by atoms with Gasteiger partial charge in [-0.15, -0.1) is 0 Å². The van der Waals surface area contributed by atoms with E-state index >= 15 is 0 Å². The third-order valence-electron chi connectivity index (χ3n) is 5.71. The maximum Gasteiger partial charge on any atom is 0.290 e. The fourth-order valence-corrected chi connectivity index (χ4v) is 5.72. The largest absolute Gasteiger partial charge is 0.497 e. The minimum absolute atomic E-state index is 0.0206. The molecule has 0 saturated carbocycles. The van der Waals surface area contributed by atoms with E-state index in [9.17, 15) is 13.2 Å². The van der Waals surface area contributed by atoms with E-state index in [2.05, 4.69) is 0 Å². The molecule has 7 heteroatoms. The highest BCUT2D eigenvalue weighted by molar-refractivity contribution is 7.91. The minimum atomic E-state index is -3.14. The topological polar surface area (TPSA) is 76.8 Å². The van der Waals surface area contributed by atoms with E-state index in [1.165, 1.54) is 0 Å². The highest BCUT2D eigenvalue weighted by atomic mass is 32.2. The molecule has 1 aromatic heterocycles. The highest BCUT2D eigenvalue weighted by Crippen LogP contribution is 2.30. The normalized spacial score (nSPS) is 17.9. The third kappa shape index (κ3) is 3.94. The number of carbonyl (C=O) groups excluding carboxylic acids is 1. The van der Waals surface area contributed by atoms with E-state index in [0.717, 1.165) is 27.8 Å². The van der Waals surface area contributed by atoms with Gasteiger partial charge in [0.05, 0.1) is 18.6 Å². The second-order valence-corrected chi connectivity index (χ2v) is 10.1. The van der Waals surface area contributed by atoms with Crippen molar-refractivity contribution in [3.05, 3.63) is 64.9 Å².